The van der Waals surface area contributed by atoms with Crippen LogP contribution >= 0.6 is 11.3 Å². The Morgan fingerprint density at radius 1 is 1.09 bits per heavy atom. The Kier molecular flexibility index (Phi) is 6.78. The number of benzene rings is 1. The normalized spacial score (nSPS) is 28.7. The summed E-state index contributed by atoms with van der Waals surface area (Å²) in [7, 11) is 0. The third-order valence-corrected chi connectivity index (χ3v) is 9.30. The molecule has 6 nitrogen and oxygen atoms in total. The van der Waals surface area contributed by atoms with E-state index in [0.717, 1.165) is 69.0 Å². The van der Waals surface area contributed by atoms with Crippen molar-refractivity contribution in [2.24, 2.45) is 5.92 Å². The maximum absolute atomic E-state index is 13.8. The van der Waals surface area contributed by atoms with Crippen LogP contribution in [0.15, 0.2) is 47.8 Å². The Bertz CT molecular complexity index is 982. The molecule has 2 bridgehead atoms. The van der Waals surface area contributed by atoms with E-state index in [4.69, 9.17) is 4.74 Å². The van der Waals surface area contributed by atoms with Crippen LogP contribution in [0.25, 0.3) is 0 Å². The van der Waals surface area contributed by atoms with Gasteiger partial charge in [-0.3, -0.25) is 9.69 Å². The SMILES string of the molecule is CC(C(=O)O[C@@H]1C[N+]2(CC(=O)Nc3ccccc3)CCC1CC2)(c1cccs1)N1CCCCC1. The Balaban J connectivity index is 1.29. The molecule has 34 heavy (non-hydrogen) atoms. The van der Waals surface area contributed by atoms with E-state index < -0.39 is 5.54 Å². The molecule has 0 radical (unpaired) electrons. The lowest BCUT2D eigenvalue weighted by molar-refractivity contribution is -0.939. The number of amides is 1. The number of thiophene rings is 1. The predicted molar refractivity (Wildman–Crippen MR) is 134 cm³/mol. The molecule has 0 saturated carbocycles. The van der Waals surface area contributed by atoms with Gasteiger partial charge in [-0.1, -0.05) is 30.7 Å². The van der Waals surface area contributed by atoms with E-state index in [1.165, 1.54) is 6.42 Å². The zero-order valence-corrected chi connectivity index (χ0v) is 20.9. The van der Waals surface area contributed by atoms with Gasteiger partial charge in [0.05, 0.1) is 13.1 Å². The van der Waals surface area contributed by atoms with Gasteiger partial charge in [-0.2, -0.15) is 0 Å². The number of nitrogens with zero attached hydrogens (tertiary/aromatic N) is 2. The Hall–Kier alpha value is -2.22. The largest absolute Gasteiger partial charge is 0.454 e. The molecule has 182 valence electrons. The van der Waals surface area contributed by atoms with Crippen LogP contribution in [-0.4, -0.2) is 66.6 Å². The minimum atomic E-state index is -0.740. The molecule has 1 aromatic carbocycles. The van der Waals surface area contributed by atoms with Crippen LogP contribution in [-0.2, 0) is 19.9 Å². The minimum absolute atomic E-state index is 0.0355. The summed E-state index contributed by atoms with van der Waals surface area (Å²) in [5, 5.41) is 5.09. The van der Waals surface area contributed by atoms with Gasteiger partial charge in [0.2, 0.25) is 0 Å². The molecule has 4 saturated heterocycles. The van der Waals surface area contributed by atoms with Crippen molar-refractivity contribution in [2.45, 2.75) is 50.7 Å². The lowest BCUT2D eigenvalue weighted by Crippen LogP contribution is -2.66. The number of hydrogen-bond donors (Lipinski definition) is 1. The zero-order chi connectivity index (χ0) is 23.6. The van der Waals surface area contributed by atoms with Gasteiger partial charge in [0.15, 0.2) is 18.2 Å². The third kappa shape index (κ3) is 4.66. The van der Waals surface area contributed by atoms with Gasteiger partial charge in [0.1, 0.15) is 6.54 Å². The van der Waals surface area contributed by atoms with Crippen molar-refractivity contribution in [1.29, 1.82) is 0 Å². The van der Waals surface area contributed by atoms with Crippen LogP contribution in [0.2, 0.25) is 0 Å². The molecule has 1 aromatic heterocycles. The van der Waals surface area contributed by atoms with E-state index in [2.05, 4.69) is 16.3 Å². The molecule has 2 aromatic rings. The molecule has 2 atom stereocenters. The van der Waals surface area contributed by atoms with Gasteiger partial charge in [0.25, 0.3) is 5.91 Å². The highest BCUT2D eigenvalue weighted by molar-refractivity contribution is 7.10. The fourth-order valence-corrected chi connectivity index (χ4v) is 7.04. The predicted octanol–water partition coefficient (Wildman–Crippen LogP) is 4.24. The number of esters is 1. The Labute approximate surface area is 206 Å². The smallest absolute Gasteiger partial charge is 0.332 e. The van der Waals surface area contributed by atoms with Crippen LogP contribution in [0.1, 0.15) is 43.9 Å². The lowest BCUT2D eigenvalue weighted by Gasteiger charge is -2.52. The number of para-hydroxylation sites is 1. The van der Waals surface area contributed by atoms with Gasteiger partial charge < -0.3 is 14.5 Å². The second-order valence-electron chi connectivity index (χ2n) is 10.4. The second-order valence-corrected chi connectivity index (χ2v) is 11.4. The number of nitrogens with one attached hydrogen (secondary N) is 1. The summed E-state index contributed by atoms with van der Waals surface area (Å²) in [6.45, 7) is 7.04. The minimum Gasteiger partial charge on any atom is -0.454 e. The topological polar surface area (TPSA) is 58.6 Å². The van der Waals surface area contributed by atoms with Gasteiger partial charge in [-0.15, -0.1) is 11.3 Å². The third-order valence-electron chi connectivity index (χ3n) is 8.22. The fraction of sp³-hybridized carbons (Fsp3) is 0.556. The average Bonchev–Trinajstić information content (AvgIpc) is 3.40. The van der Waals surface area contributed by atoms with E-state index in [1.807, 2.05) is 48.7 Å². The van der Waals surface area contributed by atoms with E-state index in [1.54, 1.807) is 11.3 Å². The first-order chi connectivity index (χ1) is 16.5. The maximum Gasteiger partial charge on any atom is 0.332 e. The van der Waals surface area contributed by atoms with Gasteiger partial charge in [0, 0.05) is 29.3 Å². The van der Waals surface area contributed by atoms with Gasteiger partial charge in [-0.25, -0.2) is 4.79 Å². The van der Waals surface area contributed by atoms with Crippen molar-refractivity contribution in [1.82, 2.24) is 4.90 Å². The monoisotopic (exact) mass is 482 g/mol. The molecule has 4 aliphatic rings. The first kappa shape index (κ1) is 23.5. The molecule has 1 amide bonds. The van der Waals surface area contributed by atoms with Crippen molar-refractivity contribution >= 4 is 28.9 Å². The van der Waals surface area contributed by atoms with Crippen LogP contribution in [0.5, 0.6) is 0 Å². The number of quaternary nitrogens is 1. The average molecular weight is 483 g/mol. The Morgan fingerprint density at radius 3 is 2.50 bits per heavy atom. The van der Waals surface area contributed by atoms with E-state index in [0.29, 0.717) is 16.9 Å². The summed E-state index contributed by atoms with van der Waals surface area (Å²) in [5.74, 6) is 0.311. The molecule has 0 spiro atoms. The van der Waals surface area contributed by atoms with Crippen LogP contribution in [0, 0.1) is 5.92 Å². The summed E-state index contributed by atoms with van der Waals surface area (Å²) in [6.07, 6.45) is 5.37. The van der Waals surface area contributed by atoms with E-state index >= 15 is 0 Å². The zero-order valence-electron chi connectivity index (χ0n) is 20.1. The van der Waals surface area contributed by atoms with Crippen LogP contribution in [0.4, 0.5) is 5.69 Å². The first-order valence-electron chi connectivity index (χ1n) is 12.7. The quantitative estimate of drug-likeness (QED) is 0.474. The number of ether oxygens (including phenoxy) is 1. The number of carbonyl (C=O) groups excluding carboxylic acids is 2. The van der Waals surface area contributed by atoms with Crippen molar-refractivity contribution in [2.75, 3.05) is 44.6 Å². The van der Waals surface area contributed by atoms with Crippen molar-refractivity contribution < 1.29 is 18.8 Å². The molecule has 4 aliphatic heterocycles. The highest BCUT2D eigenvalue weighted by Crippen LogP contribution is 2.39. The molecule has 5 heterocycles. The van der Waals surface area contributed by atoms with Gasteiger partial charge in [-0.05, 0) is 56.4 Å². The summed E-state index contributed by atoms with van der Waals surface area (Å²) >= 11 is 1.64. The summed E-state index contributed by atoms with van der Waals surface area (Å²) in [5.41, 5.74) is 0.0877. The highest BCUT2D eigenvalue weighted by atomic mass is 32.1. The van der Waals surface area contributed by atoms with Crippen molar-refractivity contribution in [3.8, 4) is 0 Å². The van der Waals surface area contributed by atoms with E-state index in [-0.39, 0.29) is 18.0 Å². The second kappa shape index (κ2) is 9.80. The van der Waals surface area contributed by atoms with E-state index in [9.17, 15) is 9.59 Å². The molecule has 4 fully saturated rings. The molecule has 1 unspecified atom stereocenters. The Morgan fingerprint density at radius 2 is 1.82 bits per heavy atom. The molecule has 6 rings (SSSR count). The first-order valence-corrected chi connectivity index (χ1v) is 13.6. The number of rotatable bonds is 7. The highest BCUT2D eigenvalue weighted by Gasteiger charge is 2.51. The number of piperidine rings is 4. The molecule has 7 heteroatoms. The van der Waals surface area contributed by atoms with Crippen molar-refractivity contribution in [3.63, 3.8) is 0 Å². The molecular formula is C27H36N3O3S+. The summed E-state index contributed by atoms with van der Waals surface area (Å²) in [6, 6.07) is 13.7. The van der Waals surface area contributed by atoms with Crippen molar-refractivity contribution in [3.05, 3.63) is 52.7 Å². The standard InChI is InChI=1S/C27H35N3O3S/c1-27(24-11-8-18-34-24,29-14-6-3-7-15-29)26(32)33-23-19-30(16-12-21(23)13-17-30)20-25(31)28-22-9-4-2-5-10-22/h2,4-5,8-11,18,21,23H,3,6-7,12-17,19-20H2,1H3/p+1/t21?,23-,27?,30?/m1/s1. The lowest BCUT2D eigenvalue weighted by atomic mass is 9.83. The molecule has 1 N–H and O–H groups in total. The molecule has 0 aliphatic carbocycles. The fourth-order valence-electron chi connectivity index (χ4n) is 6.14. The number of likely N-dealkylation sites (tertiary alicyclic amines) is 1. The number of carbonyl (C=O) groups is 2. The van der Waals surface area contributed by atoms with Crippen LogP contribution in [0.3, 0.4) is 0 Å². The maximum atomic E-state index is 13.8. The molecular weight excluding hydrogens is 446 g/mol. The number of anilines is 1. The van der Waals surface area contributed by atoms with Gasteiger partial charge >= 0.3 is 5.97 Å². The summed E-state index contributed by atoms with van der Waals surface area (Å²) in [4.78, 5) is 30.1. The summed E-state index contributed by atoms with van der Waals surface area (Å²) < 4.78 is 7.09. The number of fused-ring (bicyclic) bond motifs is 3. The van der Waals surface area contributed by atoms with Crippen LogP contribution < -0.4 is 5.32 Å². The number of hydrogen-bond acceptors (Lipinski definition) is 5.